The average molecular weight is 885 g/mol. The number of nitro benzene ring substituents is 1. The Balaban J connectivity index is 1.14. The van der Waals surface area contributed by atoms with Crippen LogP contribution in [-0.2, 0) is 15.9 Å². The van der Waals surface area contributed by atoms with Gasteiger partial charge in [0, 0.05) is 28.8 Å². The van der Waals surface area contributed by atoms with Crippen molar-refractivity contribution in [2.24, 2.45) is 5.16 Å². The van der Waals surface area contributed by atoms with Crippen LogP contribution in [0.1, 0.15) is 27.8 Å². The summed E-state index contributed by atoms with van der Waals surface area (Å²) in [7, 11) is 0. The van der Waals surface area contributed by atoms with Crippen LogP contribution >= 0.6 is 0 Å². The SMILES string of the molecule is O=[N+]([O-])c1ccc(C2=NOC34c5c6c7c8c9c%10c(c%11c%12c3c3c5c5c%13c6c6c7c7c9c9c%14c%10c%10c%11c%11c%12c%12c3c3c5c5c%13c%13c6c6c7c9c7c9c%14c%10c%10c%11c%11c%12c3c3c5c5c%13c6c7c6c9c%10c%11c3c56)C284)cc1. The number of rotatable bonds is 2. The van der Waals surface area contributed by atoms with Crippen molar-refractivity contribution < 1.29 is 9.76 Å². The Bertz CT molecular complexity index is 7400. The first-order chi connectivity index (χ1) is 35.7. The Morgan fingerprint density at radius 3 is 0.694 bits per heavy atom. The van der Waals surface area contributed by atoms with Gasteiger partial charge in [-0.2, -0.15) is 0 Å². The number of oxime groups is 1. The molecule has 5 aliphatic rings. The third kappa shape index (κ3) is 1.39. The van der Waals surface area contributed by atoms with Crippen molar-refractivity contribution in [2.45, 2.75) is 11.0 Å². The van der Waals surface area contributed by atoms with E-state index in [4.69, 9.17) is 9.99 Å². The molecule has 300 valence electrons. The molecule has 2 spiro atoms. The standard InChI is InChI=1S/C67H4N2O3/c70-69(71)6-3-1-5(2-4-6)65-66-61-53-45-35-25-17-9-7-8-11-15-13(9)21-29-23(15)33-27-19(11)20-12(8)16-14-10(7)18(17)26-32-22(14)30-24(16)34-28(20)38-37(27)49-43(33)51-41(29)47(39(45)31(21)25)55(61)57(51)63-59(49)60-50(38)44(34)52-42(30)48-40(32)46(36(26)35)54(53)62(66)56(48)58(52)64(60)67(63,66)72-68-65/h1-4H. The third-order valence-electron chi connectivity index (χ3n) is 25.2. The van der Waals surface area contributed by atoms with E-state index in [1.165, 1.54) is 162 Å². The summed E-state index contributed by atoms with van der Waals surface area (Å²) in [4.78, 5) is 20.2. The van der Waals surface area contributed by atoms with Gasteiger partial charge in [0.25, 0.3) is 5.69 Å². The van der Waals surface area contributed by atoms with Crippen molar-refractivity contribution in [3.8, 4) is 0 Å². The van der Waals surface area contributed by atoms with Crippen LogP contribution in [0.3, 0.4) is 0 Å². The van der Waals surface area contributed by atoms with E-state index in [0.29, 0.717) is 0 Å². The van der Waals surface area contributed by atoms with Gasteiger partial charge in [-0.25, -0.2) is 0 Å². The summed E-state index contributed by atoms with van der Waals surface area (Å²) in [6, 6.07) is 7.44. The second-order valence-electron chi connectivity index (χ2n) is 25.5. The molecule has 0 amide bonds. The summed E-state index contributed by atoms with van der Waals surface area (Å²) in [6.07, 6.45) is 0. The number of hydrogen-bond donors (Lipinski definition) is 0. The van der Waals surface area contributed by atoms with E-state index in [9.17, 15) is 10.1 Å². The smallest absolute Gasteiger partial charge is 0.269 e. The van der Waals surface area contributed by atoms with Crippen LogP contribution in [0, 0.1) is 10.1 Å². The van der Waals surface area contributed by atoms with E-state index in [1.54, 1.807) is 163 Å². The molecule has 29 aromatic rings. The Hall–Kier alpha value is -9.45. The largest absolute Gasteiger partial charge is 0.377 e. The molecule has 72 heavy (non-hydrogen) atoms. The molecule has 0 aromatic heterocycles. The normalized spacial score (nSPS) is 22.0. The van der Waals surface area contributed by atoms with Gasteiger partial charge in [0.2, 0.25) is 5.60 Å². The molecule has 5 nitrogen and oxygen atoms in total. The van der Waals surface area contributed by atoms with Crippen LogP contribution < -0.4 is 0 Å². The van der Waals surface area contributed by atoms with Crippen molar-refractivity contribution in [2.75, 3.05) is 0 Å². The summed E-state index contributed by atoms with van der Waals surface area (Å²) in [5.41, 5.74) is 5.80. The van der Waals surface area contributed by atoms with Crippen LogP contribution in [0.4, 0.5) is 5.69 Å². The van der Waals surface area contributed by atoms with E-state index in [-0.39, 0.29) is 10.6 Å². The maximum atomic E-state index is 12.4. The second-order valence-corrected chi connectivity index (χ2v) is 25.5. The highest BCUT2D eigenvalue weighted by Gasteiger charge is 2.76. The number of non-ortho nitro benzene ring substituents is 1. The van der Waals surface area contributed by atoms with Crippen molar-refractivity contribution in [1.82, 2.24) is 0 Å². The Kier molecular flexibility index (Phi) is 2.19. The number of hydrogen-bond acceptors (Lipinski definition) is 4. The molecule has 0 saturated heterocycles. The summed E-state index contributed by atoms with van der Waals surface area (Å²) < 4.78 is 0. The van der Waals surface area contributed by atoms with Gasteiger partial charge in [-0.1, -0.05) is 5.16 Å². The number of nitro groups is 1. The van der Waals surface area contributed by atoms with Crippen molar-refractivity contribution in [1.29, 1.82) is 0 Å². The molecule has 0 bridgehead atoms. The molecular weight excluding hydrogens is 881 g/mol. The van der Waals surface area contributed by atoms with Crippen molar-refractivity contribution in [3.05, 3.63) is 62.2 Å². The van der Waals surface area contributed by atoms with Gasteiger partial charge < -0.3 is 4.84 Å². The van der Waals surface area contributed by atoms with Gasteiger partial charge in [-0.05, 0) is 314 Å². The third-order valence-corrected chi connectivity index (χ3v) is 25.2. The van der Waals surface area contributed by atoms with Crippen LogP contribution in [0.15, 0.2) is 29.4 Å². The van der Waals surface area contributed by atoms with Gasteiger partial charge in [-0.3, -0.25) is 10.1 Å². The highest BCUT2D eigenvalue weighted by atomic mass is 16.7. The predicted octanol–water partition coefficient (Wildman–Crippen LogP) is 17.6. The molecule has 0 saturated carbocycles. The van der Waals surface area contributed by atoms with Crippen LogP contribution in [0.2, 0.25) is 0 Å². The molecule has 0 fully saturated rings. The first kappa shape index (κ1) is 26.5. The van der Waals surface area contributed by atoms with E-state index in [1.807, 2.05) is 12.1 Å². The lowest BCUT2D eigenvalue weighted by Crippen LogP contribution is -2.54. The van der Waals surface area contributed by atoms with Crippen molar-refractivity contribution >= 4 is 302 Å². The van der Waals surface area contributed by atoms with Gasteiger partial charge in [0.1, 0.15) is 11.1 Å². The second kappa shape index (κ2) is 5.96. The molecule has 1 aliphatic heterocycles. The topological polar surface area (TPSA) is 64.7 Å². The zero-order valence-corrected chi connectivity index (χ0v) is 35.9. The van der Waals surface area contributed by atoms with E-state index >= 15 is 0 Å². The molecule has 1 heterocycles. The lowest BCUT2D eigenvalue weighted by Gasteiger charge is -2.47. The van der Waals surface area contributed by atoms with Crippen LogP contribution in [-0.4, -0.2) is 10.6 Å². The first-order valence-electron chi connectivity index (χ1n) is 26.0. The molecule has 0 unspecified atom stereocenters. The van der Waals surface area contributed by atoms with Gasteiger partial charge >= 0.3 is 0 Å². The van der Waals surface area contributed by atoms with E-state index in [2.05, 4.69) is 0 Å². The molecule has 4 aliphatic carbocycles. The molecule has 29 aromatic carbocycles. The summed E-state index contributed by atoms with van der Waals surface area (Å²) in [5, 5.41) is 101. The Labute approximate surface area is 388 Å². The quantitative estimate of drug-likeness (QED) is 0.0987. The average Bonchev–Trinajstić information content (AvgIpc) is 4.42. The zero-order chi connectivity index (χ0) is 43.0. The Morgan fingerprint density at radius 2 is 0.486 bits per heavy atom. The fraction of sp³-hybridized carbons (Fsp3) is 0.0299. The lowest BCUT2D eigenvalue weighted by molar-refractivity contribution is -0.384. The Morgan fingerprint density at radius 1 is 0.292 bits per heavy atom. The van der Waals surface area contributed by atoms with Crippen LogP contribution in [0.5, 0.6) is 0 Å². The minimum absolute atomic E-state index is 0.103. The minimum Gasteiger partial charge on any atom is -0.377 e. The number of benzene rings is 19. The summed E-state index contributed by atoms with van der Waals surface area (Å²) >= 11 is 0. The lowest BCUT2D eigenvalue weighted by atomic mass is 9.52. The monoisotopic (exact) mass is 884 g/mol. The van der Waals surface area contributed by atoms with E-state index in [0.717, 1.165) is 11.3 Å². The fourth-order valence-electron chi connectivity index (χ4n) is 24.9. The van der Waals surface area contributed by atoms with Crippen molar-refractivity contribution in [3.63, 3.8) is 0 Å². The molecule has 0 radical (unpaired) electrons. The maximum absolute atomic E-state index is 12.4. The maximum Gasteiger partial charge on any atom is 0.269 e. The molecule has 5 heteroatoms. The van der Waals surface area contributed by atoms with Gasteiger partial charge in [0.05, 0.1) is 4.92 Å². The molecule has 34 rings (SSSR count). The highest BCUT2D eigenvalue weighted by Crippen LogP contribution is 2.85. The van der Waals surface area contributed by atoms with Gasteiger partial charge in [0.15, 0.2) is 0 Å². The van der Waals surface area contributed by atoms with E-state index < -0.39 is 11.0 Å². The van der Waals surface area contributed by atoms with Gasteiger partial charge in [-0.15, -0.1) is 0 Å². The summed E-state index contributed by atoms with van der Waals surface area (Å²) in [5.74, 6) is 0. The first-order valence-corrected chi connectivity index (χ1v) is 26.0. The minimum atomic E-state index is -0.977. The summed E-state index contributed by atoms with van der Waals surface area (Å²) in [6.45, 7) is 0. The highest BCUT2D eigenvalue weighted by molar-refractivity contribution is 6.82. The number of nitrogens with zero attached hydrogens (tertiary/aromatic N) is 2. The fourth-order valence-corrected chi connectivity index (χ4v) is 24.9. The predicted molar refractivity (Wildman–Crippen MR) is 295 cm³/mol. The molecular formula is C67H4N2O3. The molecule has 0 N–H and O–H groups in total. The molecule has 0 atom stereocenters. The van der Waals surface area contributed by atoms with Crippen LogP contribution in [0.25, 0.3) is 291 Å². The zero-order valence-electron chi connectivity index (χ0n) is 35.9.